The molecule has 0 saturated carbocycles. The summed E-state index contributed by atoms with van der Waals surface area (Å²) in [5.74, 6) is -0.0180. The summed E-state index contributed by atoms with van der Waals surface area (Å²) < 4.78 is 26.5. The van der Waals surface area contributed by atoms with E-state index in [0.717, 1.165) is 16.7 Å². The fourth-order valence-corrected chi connectivity index (χ4v) is 4.72. The number of rotatable bonds is 9. The van der Waals surface area contributed by atoms with Crippen LogP contribution in [-0.2, 0) is 21.2 Å². The van der Waals surface area contributed by atoms with E-state index < -0.39 is 10.0 Å². The molecule has 1 atom stereocenters. The van der Waals surface area contributed by atoms with E-state index in [1.807, 2.05) is 52.0 Å². The van der Waals surface area contributed by atoms with E-state index in [1.54, 1.807) is 24.3 Å². The third kappa shape index (κ3) is 5.42. The van der Waals surface area contributed by atoms with E-state index in [2.05, 4.69) is 5.32 Å². The zero-order chi connectivity index (χ0) is 20.7. The zero-order valence-electron chi connectivity index (χ0n) is 17.1. The molecule has 0 saturated heterocycles. The Kier molecular flexibility index (Phi) is 7.78. The quantitative estimate of drug-likeness (QED) is 0.693. The molecule has 0 fully saturated rings. The van der Waals surface area contributed by atoms with E-state index in [9.17, 15) is 13.2 Å². The minimum Gasteiger partial charge on any atom is -0.350 e. The van der Waals surface area contributed by atoms with Gasteiger partial charge in [-0.3, -0.25) is 4.79 Å². The number of amides is 1. The molecular weight excluding hydrogens is 372 g/mol. The molecule has 2 aromatic rings. The van der Waals surface area contributed by atoms with Crippen LogP contribution in [-0.4, -0.2) is 31.7 Å². The Hall–Kier alpha value is -2.18. The Labute approximate surface area is 168 Å². The van der Waals surface area contributed by atoms with Gasteiger partial charge in [-0.2, -0.15) is 4.31 Å². The van der Waals surface area contributed by atoms with Crippen LogP contribution in [0, 0.1) is 6.92 Å². The smallest absolute Gasteiger partial charge is 0.243 e. The summed E-state index contributed by atoms with van der Waals surface area (Å²) in [5, 5.41) is 3.03. The highest BCUT2D eigenvalue weighted by Gasteiger charge is 2.21. The number of hydrogen-bond acceptors (Lipinski definition) is 3. The molecule has 1 amide bonds. The molecule has 0 aliphatic heterocycles. The molecular formula is C22H30N2O3S. The van der Waals surface area contributed by atoms with Crippen LogP contribution in [0.4, 0.5) is 0 Å². The number of carbonyl (C=O) groups excluding carboxylic acids is 1. The third-order valence-electron chi connectivity index (χ3n) is 4.94. The van der Waals surface area contributed by atoms with Crippen LogP contribution in [0.3, 0.4) is 0 Å². The van der Waals surface area contributed by atoms with Gasteiger partial charge in [0.15, 0.2) is 0 Å². The molecule has 0 aliphatic rings. The van der Waals surface area contributed by atoms with Gasteiger partial charge >= 0.3 is 0 Å². The first-order chi connectivity index (χ1) is 13.3. The van der Waals surface area contributed by atoms with Gasteiger partial charge in [0.05, 0.1) is 10.9 Å². The summed E-state index contributed by atoms with van der Waals surface area (Å²) in [5.41, 5.74) is 3.21. The first-order valence-electron chi connectivity index (χ1n) is 9.73. The van der Waals surface area contributed by atoms with Crippen LogP contribution in [0.25, 0.3) is 0 Å². The Morgan fingerprint density at radius 3 is 2.21 bits per heavy atom. The molecule has 2 rings (SSSR count). The molecule has 152 valence electrons. The molecule has 0 aliphatic carbocycles. The maximum Gasteiger partial charge on any atom is 0.243 e. The Morgan fingerprint density at radius 1 is 1.04 bits per heavy atom. The van der Waals surface area contributed by atoms with Crippen LogP contribution in [0.15, 0.2) is 53.4 Å². The normalized spacial score (nSPS) is 12.8. The Morgan fingerprint density at radius 2 is 1.64 bits per heavy atom. The van der Waals surface area contributed by atoms with Crippen molar-refractivity contribution in [2.75, 3.05) is 13.1 Å². The summed E-state index contributed by atoms with van der Waals surface area (Å²) in [6.07, 6.45) is 0.927. The van der Waals surface area contributed by atoms with Crippen molar-refractivity contribution in [3.8, 4) is 0 Å². The highest BCUT2D eigenvalue weighted by Crippen LogP contribution is 2.18. The van der Waals surface area contributed by atoms with E-state index in [-0.39, 0.29) is 16.8 Å². The van der Waals surface area contributed by atoms with Gasteiger partial charge in [0.2, 0.25) is 15.9 Å². The summed E-state index contributed by atoms with van der Waals surface area (Å²) in [6.45, 7) is 8.55. The number of benzene rings is 2. The van der Waals surface area contributed by atoms with Crippen molar-refractivity contribution in [1.29, 1.82) is 0 Å². The van der Waals surface area contributed by atoms with Crippen molar-refractivity contribution < 1.29 is 13.2 Å². The van der Waals surface area contributed by atoms with Crippen LogP contribution < -0.4 is 5.32 Å². The second-order valence-electron chi connectivity index (χ2n) is 6.88. The first-order valence-corrected chi connectivity index (χ1v) is 11.2. The first kappa shape index (κ1) is 22.1. The second kappa shape index (κ2) is 9.85. The van der Waals surface area contributed by atoms with Crippen LogP contribution in [0.5, 0.6) is 0 Å². The van der Waals surface area contributed by atoms with Crippen LogP contribution >= 0.6 is 0 Å². The molecule has 6 heteroatoms. The van der Waals surface area contributed by atoms with Gasteiger partial charge in [-0.05, 0) is 49.1 Å². The molecule has 0 aromatic heterocycles. The maximum absolute atomic E-state index is 12.5. The number of hydrogen-bond donors (Lipinski definition) is 1. The molecule has 1 N–H and O–H groups in total. The second-order valence-corrected chi connectivity index (χ2v) is 8.82. The number of sulfonamides is 1. The van der Waals surface area contributed by atoms with Crippen molar-refractivity contribution in [2.45, 2.75) is 51.5 Å². The highest BCUT2D eigenvalue weighted by atomic mass is 32.2. The molecule has 2 aromatic carbocycles. The van der Waals surface area contributed by atoms with Crippen molar-refractivity contribution in [1.82, 2.24) is 9.62 Å². The summed E-state index contributed by atoms with van der Waals surface area (Å²) in [4.78, 5) is 12.6. The molecule has 0 heterocycles. The standard InChI is InChI=1S/C22H30N2O3S/c1-5-24(6-2)28(26,27)20-14-11-19(12-15-20)13-16-22(25)23-18(4)21-10-8-7-9-17(21)3/h7-12,14-15,18H,5-6,13,16H2,1-4H3,(H,23,25). The monoisotopic (exact) mass is 402 g/mol. The third-order valence-corrected chi connectivity index (χ3v) is 7.00. The van der Waals surface area contributed by atoms with E-state index >= 15 is 0 Å². The van der Waals surface area contributed by atoms with Crippen molar-refractivity contribution in [3.63, 3.8) is 0 Å². The minimum atomic E-state index is -3.45. The highest BCUT2D eigenvalue weighted by molar-refractivity contribution is 7.89. The largest absolute Gasteiger partial charge is 0.350 e. The number of carbonyl (C=O) groups is 1. The van der Waals surface area contributed by atoms with Gasteiger partial charge in [-0.1, -0.05) is 50.2 Å². The lowest BCUT2D eigenvalue weighted by molar-refractivity contribution is -0.121. The van der Waals surface area contributed by atoms with E-state index in [1.165, 1.54) is 4.31 Å². The van der Waals surface area contributed by atoms with Gasteiger partial charge in [0, 0.05) is 19.5 Å². The summed E-state index contributed by atoms with van der Waals surface area (Å²) in [7, 11) is -3.45. The fraction of sp³-hybridized carbons (Fsp3) is 0.409. The zero-order valence-corrected chi connectivity index (χ0v) is 17.9. The van der Waals surface area contributed by atoms with Crippen molar-refractivity contribution >= 4 is 15.9 Å². The molecule has 0 radical (unpaired) electrons. The maximum atomic E-state index is 12.5. The van der Waals surface area contributed by atoms with Gasteiger partial charge < -0.3 is 5.32 Å². The number of nitrogens with zero attached hydrogens (tertiary/aromatic N) is 1. The molecule has 5 nitrogen and oxygen atoms in total. The predicted molar refractivity (Wildman–Crippen MR) is 113 cm³/mol. The average molecular weight is 403 g/mol. The molecule has 28 heavy (non-hydrogen) atoms. The fourth-order valence-electron chi connectivity index (χ4n) is 3.26. The lowest BCUT2D eigenvalue weighted by Crippen LogP contribution is -2.30. The van der Waals surface area contributed by atoms with Gasteiger partial charge in [-0.25, -0.2) is 8.42 Å². The van der Waals surface area contributed by atoms with Gasteiger partial charge in [0.1, 0.15) is 0 Å². The van der Waals surface area contributed by atoms with Crippen LogP contribution in [0.1, 0.15) is 49.9 Å². The summed E-state index contributed by atoms with van der Waals surface area (Å²) in [6, 6.07) is 14.8. The Bertz CT molecular complexity index is 888. The van der Waals surface area contributed by atoms with Crippen molar-refractivity contribution in [3.05, 3.63) is 65.2 Å². The van der Waals surface area contributed by atoms with E-state index in [4.69, 9.17) is 0 Å². The molecule has 1 unspecified atom stereocenters. The van der Waals surface area contributed by atoms with Crippen LogP contribution in [0.2, 0.25) is 0 Å². The molecule has 0 spiro atoms. The van der Waals surface area contributed by atoms with Gasteiger partial charge in [0.25, 0.3) is 0 Å². The predicted octanol–water partition coefficient (Wildman–Crippen LogP) is 3.84. The lowest BCUT2D eigenvalue weighted by atomic mass is 10.0. The van der Waals surface area contributed by atoms with E-state index in [0.29, 0.717) is 25.9 Å². The van der Waals surface area contributed by atoms with Crippen molar-refractivity contribution in [2.24, 2.45) is 0 Å². The number of nitrogens with one attached hydrogen (secondary N) is 1. The lowest BCUT2D eigenvalue weighted by Gasteiger charge is -2.18. The Balaban J connectivity index is 1.94. The summed E-state index contributed by atoms with van der Waals surface area (Å²) >= 11 is 0. The number of aryl methyl sites for hydroxylation is 2. The topological polar surface area (TPSA) is 66.5 Å². The SMILES string of the molecule is CCN(CC)S(=O)(=O)c1ccc(CCC(=O)NC(C)c2ccccc2C)cc1. The average Bonchev–Trinajstić information content (AvgIpc) is 2.67. The van der Waals surface area contributed by atoms with Gasteiger partial charge in [-0.15, -0.1) is 0 Å². The molecule has 0 bridgehead atoms. The minimum absolute atomic E-state index is 0.0180.